The maximum Gasteiger partial charge on any atom is 0.0599 e. The molecule has 4 heteroatoms. The van der Waals surface area contributed by atoms with Gasteiger partial charge in [0, 0.05) is 33.4 Å². The summed E-state index contributed by atoms with van der Waals surface area (Å²) in [5.74, 6) is 0. The lowest BCUT2D eigenvalue weighted by molar-refractivity contribution is 0.0272. The van der Waals surface area contributed by atoms with Crippen molar-refractivity contribution in [3.05, 3.63) is 12.7 Å². The predicted molar refractivity (Wildman–Crippen MR) is 75.0 cm³/mol. The van der Waals surface area contributed by atoms with E-state index in [0.717, 1.165) is 65.2 Å². The second kappa shape index (κ2) is 10.5. The first-order valence-corrected chi connectivity index (χ1v) is 7.01. The van der Waals surface area contributed by atoms with Crippen molar-refractivity contribution in [3.63, 3.8) is 0 Å². The lowest BCUT2D eigenvalue weighted by atomic mass is 10.1. The van der Waals surface area contributed by atoms with Gasteiger partial charge in [0.25, 0.3) is 0 Å². The molecule has 0 spiro atoms. The van der Waals surface area contributed by atoms with Crippen LogP contribution in [-0.4, -0.2) is 64.1 Å². The van der Waals surface area contributed by atoms with E-state index >= 15 is 0 Å². The smallest absolute Gasteiger partial charge is 0.0599 e. The van der Waals surface area contributed by atoms with Crippen LogP contribution in [0.5, 0.6) is 0 Å². The van der Waals surface area contributed by atoms with Crippen LogP contribution in [0.15, 0.2) is 12.7 Å². The second-order valence-corrected chi connectivity index (χ2v) is 4.76. The first kappa shape index (κ1) is 15.6. The normalized spacial score (nSPS) is 17.2. The molecule has 18 heavy (non-hydrogen) atoms. The van der Waals surface area contributed by atoms with E-state index in [4.69, 9.17) is 9.47 Å². The van der Waals surface area contributed by atoms with E-state index in [2.05, 4.69) is 16.8 Å². The molecule has 1 saturated heterocycles. The van der Waals surface area contributed by atoms with E-state index in [1.807, 2.05) is 6.08 Å². The van der Waals surface area contributed by atoms with Crippen LogP contribution in [0.3, 0.4) is 0 Å². The summed E-state index contributed by atoms with van der Waals surface area (Å²) in [6.45, 7) is 10.6. The molecule has 1 aliphatic heterocycles. The summed E-state index contributed by atoms with van der Waals surface area (Å²) < 4.78 is 11.0. The quantitative estimate of drug-likeness (QED) is 0.471. The Morgan fingerprint density at radius 3 is 2.72 bits per heavy atom. The van der Waals surface area contributed by atoms with Crippen LogP contribution in [0, 0.1) is 0 Å². The molecule has 0 aromatic carbocycles. The van der Waals surface area contributed by atoms with Gasteiger partial charge in [-0.1, -0.05) is 6.08 Å². The molecule has 1 fully saturated rings. The van der Waals surface area contributed by atoms with Crippen LogP contribution < -0.4 is 5.32 Å². The number of hydrogen-bond acceptors (Lipinski definition) is 4. The van der Waals surface area contributed by atoms with E-state index in [0.29, 0.717) is 6.10 Å². The van der Waals surface area contributed by atoms with E-state index in [-0.39, 0.29) is 0 Å². The molecule has 1 heterocycles. The standard InChI is InChI=1S/C14H28N2O2/c1-3-9-16(11-13-17-2)10-4-12-18-14-5-7-15-8-6-14/h3,14-15H,1,4-13H2,2H3. The molecule has 0 aromatic heterocycles. The van der Waals surface area contributed by atoms with Gasteiger partial charge in [-0.3, -0.25) is 4.90 Å². The van der Waals surface area contributed by atoms with Crippen LogP contribution in [0.1, 0.15) is 19.3 Å². The topological polar surface area (TPSA) is 33.7 Å². The van der Waals surface area contributed by atoms with E-state index in [1.165, 1.54) is 0 Å². The molecule has 0 bridgehead atoms. The van der Waals surface area contributed by atoms with Gasteiger partial charge >= 0.3 is 0 Å². The van der Waals surface area contributed by atoms with Crippen molar-refractivity contribution in [2.24, 2.45) is 0 Å². The Labute approximate surface area is 111 Å². The molecule has 1 aliphatic rings. The van der Waals surface area contributed by atoms with Gasteiger partial charge in [0.15, 0.2) is 0 Å². The van der Waals surface area contributed by atoms with Gasteiger partial charge < -0.3 is 14.8 Å². The summed E-state index contributed by atoms with van der Waals surface area (Å²) in [5.41, 5.74) is 0. The number of ether oxygens (including phenoxy) is 2. The highest BCUT2D eigenvalue weighted by molar-refractivity contribution is 4.73. The molecular weight excluding hydrogens is 228 g/mol. The molecule has 0 aromatic rings. The van der Waals surface area contributed by atoms with Crippen molar-refractivity contribution in [2.75, 3.05) is 53.0 Å². The predicted octanol–water partition coefficient (Wildman–Crippen LogP) is 1.28. The molecule has 0 saturated carbocycles. The van der Waals surface area contributed by atoms with Crippen molar-refractivity contribution in [1.29, 1.82) is 0 Å². The van der Waals surface area contributed by atoms with Gasteiger partial charge in [-0.2, -0.15) is 0 Å². The first-order valence-electron chi connectivity index (χ1n) is 7.01. The first-order chi connectivity index (χ1) is 8.86. The van der Waals surface area contributed by atoms with Gasteiger partial charge in [-0.15, -0.1) is 6.58 Å². The minimum absolute atomic E-state index is 0.470. The van der Waals surface area contributed by atoms with Crippen molar-refractivity contribution in [1.82, 2.24) is 10.2 Å². The number of hydrogen-bond donors (Lipinski definition) is 1. The van der Waals surface area contributed by atoms with Crippen LogP contribution in [0.25, 0.3) is 0 Å². The minimum atomic E-state index is 0.470. The number of piperidine rings is 1. The summed E-state index contributed by atoms with van der Waals surface area (Å²) in [6, 6.07) is 0. The minimum Gasteiger partial charge on any atom is -0.383 e. The number of rotatable bonds is 10. The molecule has 0 amide bonds. The molecule has 1 rings (SSSR count). The van der Waals surface area contributed by atoms with Gasteiger partial charge in [-0.25, -0.2) is 0 Å². The SMILES string of the molecule is C=CCN(CCCOC1CCNCC1)CCOC. The highest BCUT2D eigenvalue weighted by Crippen LogP contribution is 2.07. The summed E-state index contributed by atoms with van der Waals surface area (Å²) in [6.07, 6.45) is 5.81. The maximum atomic E-state index is 5.89. The van der Waals surface area contributed by atoms with E-state index in [1.54, 1.807) is 7.11 Å². The monoisotopic (exact) mass is 256 g/mol. The van der Waals surface area contributed by atoms with Crippen molar-refractivity contribution >= 4 is 0 Å². The van der Waals surface area contributed by atoms with Gasteiger partial charge in [0.2, 0.25) is 0 Å². The number of nitrogens with one attached hydrogen (secondary N) is 1. The highest BCUT2D eigenvalue weighted by atomic mass is 16.5. The van der Waals surface area contributed by atoms with E-state index in [9.17, 15) is 0 Å². The molecule has 0 radical (unpaired) electrons. The van der Waals surface area contributed by atoms with Crippen molar-refractivity contribution in [3.8, 4) is 0 Å². The van der Waals surface area contributed by atoms with Crippen molar-refractivity contribution < 1.29 is 9.47 Å². The zero-order chi connectivity index (χ0) is 13.1. The average Bonchev–Trinajstić information content (AvgIpc) is 2.42. The van der Waals surface area contributed by atoms with E-state index < -0.39 is 0 Å². The third kappa shape index (κ3) is 7.11. The Bertz CT molecular complexity index is 206. The molecule has 1 N–H and O–H groups in total. The third-order valence-corrected chi connectivity index (χ3v) is 3.26. The Balaban J connectivity index is 2.03. The molecule has 106 valence electrons. The maximum absolute atomic E-state index is 5.89. The van der Waals surface area contributed by atoms with Crippen LogP contribution >= 0.6 is 0 Å². The summed E-state index contributed by atoms with van der Waals surface area (Å²) in [5, 5.41) is 3.35. The fourth-order valence-corrected chi connectivity index (χ4v) is 2.20. The van der Waals surface area contributed by atoms with Gasteiger partial charge in [-0.05, 0) is 32.4 Å². The third-order valence-electron chi connectivity index (χ3n) is 3.26. The Morgan fingerprint density at radius 1 is 1.28 bits per heavy atom. The summed E-state index contributed by atoms with van der Waals surface area (Å²) in [7, 11) is 1.74. The largest absolute Gasteiger partial charge is 0.383 e. The van der Waals surface area contributed by atoms with Crippen LogP contribution in [0.4, 0.5) is 0 Å². The summed E-state index contributed by atoms with van der Waals surface area (Å²) >= 11 is 0. The Morgan fingerprint density at radius 2 is 2.06 bits per heavy atom. The number of methoxy groups -OCH3 is 1. The fraction of sp³-hybridized carbons (Fsp3) is 0.857. The molecule has 0 aliphatic carbocycles. The lowest BCUT2D eigenvalue weighted by Gasteiger charge is -2.24. The number of nitrogens with zero attached hydrogens (tertiary/aromatic N) is 1. The van der Waals surface area contributed by atoms with Gasteiger partial charge in [0.1, 0.15) is 0 Å². The lowest BCUT2D eigenvalue weighted by Crippen LogP contribution is -2.33. The fourth-order valence-electron chi connectivity index (χ4n) is 2.20. The van der Waals surface area contributed by atoms with Crippen molar-refractivity contribution in [2.45, 2.75) is 25.4 Å². The summed E-state index contributed by atoms with van der Waals surface area (Å²) in [4.78, 5) is 2.35. The molecule has 0 unspecified atom stereocenters. The Kier molecular flexibility index (Phi) is 9.12. The second-order valence-electron chi connectivity index (χ2n) is 4.76. The Hall–Kier alpha value is -0.420. The molecule has 0 atom stereocenters. The van der Waals surface area contributed by atoms with Crippen LogP contribution in [-0.2, 0) is 9.47 Å². The zero-order valence-corrected chi connectivity index (χ0v) is 11.7. The highest BCUT2D eigenvalue weighted by Gasteiger charge is 2.12. The van der Waals surface area contributed by atoms with Gasteiger partial charge in [0.05, 0.1) is 12.7 Å². The molecule has 4 nitrogen and oxygen atoms in total. The average molecular weight is 256 g/mol. The molecular formula is C14H28N2O2. The van der Waals surface area contributed by atoms with Crippen LogP contribution in [0.2, 0.25) is 0 Å². The zero-order valence-electron chi connectivity index (χ0n) is 11.7.